The molecule has 0 aliphatic carbocycles. The number of benzene rings is 2. The van der Waals surface area contributed by atoms with Crippen LogP contribution < -0.4 is 0 Å². The molecule has 6 heteroatoms. The molecule has 1 N–H and O–H groups in total. The van der Waals surface area contributed by atoms with E-state index in [1.54, 1.807) is 0 Å². The second kappa shape index (κ2) is 8.14. The van der Waals surface area contributed by atoms with Crippen LogP contribution in [0.2, 0.25) is 0 Å². The van der Waals surface area contributed by atoms with Crippen molar-refractivity contribution in [3.8, 4) is 6.07 Å². The van der Waals surface area contributed by atoms with Gasteiger partial charge in [-0.15, -0.1) is 10.2 Å². The topological polar surface area (TPSA) is 81.5 Å². The number of nitriles is 1. The molecule has 3 aromatic rings. The number of likely N-dealkylation sites (tertiary alicyclic amines) is 1. The molecule has 1 unspecified atom stereocenters. The van der Waals surface area contributed by atoms with Crippen LogP contribution in [0.5, 0.6) is 0 Å². The highest BCUT2D eigenvalue weighted by Crippen LogP contribution is 2.40. The summed E-state index contributed by atoms with van der Waals surface area (Å²) in [5.41, 5.74) is 1.66. The van der Waals surface area contributed by atoms with Crippen LogP contribution in [-0.4, -0.2) is 45.2 Å². The van der Waals surface area contributed by atoms with Crippen molar-refractivity contribution in [1.82, 2.24) is 25.5 Å². The largest absolute Gasteiger partial charge is 0.303 e. The Bertz CT molecular complexity index is 940. The Labute approximate surface area is 171 Å². The van der Waals surface area contributed by atoms with Crippen LogP contribution in [0.25, 0.3) is 0 Å². The first-order chi connectivity index (χ1) is 14.2. The van der Waals surface area contributed by atoms with E-state index in [1.165, 1.54) is 5.56 Å². The first-order valence-corrected chi connectivity index (χ1v) is 10.1. The third kappa shape index (κ3) is 3.79. The third-order valence-corrected chi connectivity index (χ3v) is 6.40. The second-order valence-corrected chi connectivity index (χ2v) is 8.09. The van der Waals surface area contributed by atoms with Crippen LogP contribution >= 0.6 is 0 Å². The van der Waals surface area contributed by atoms with Gasteiger partial charge < -0.3 is 4.90 Å². The number of nitrogens with zero attached hydrogens (tertiary/aromatic N) is 5. The number of hydrogen-bond donors (Lipinski definition) is 1. The van der Waals surface area contributed by atoms with Crippen molar-refractivity contribution in [1.29, 1.82) is 5.26 Å². The van der Waals surface area contributed by atoms with Crippen LogP contribution in [0.3, 0.4) is 0 Å². The van der Waals surface area contributed by atoms with Gasteiger partial charge in [0.2, 0.25) is 0 Å². The smallest absolute Gasteiger partial charge is 0.185 e. The van der Waals surface area contributed by atoms with E-state index in [-0.39, 0.29) is 5.41 Å². The summed E-state index contributed by atoms with van der Waals surface area (Å²) >= 11 is 0. The molecular weight excluding hydrogens is 360 g/mol. The summed E-state index contributed by atoms with van der Waals surface area (Å²) < 4.78 is 0. The van der Waals surface area contributed by atoms with E-state index in [0.717, 1.165) is 50.3 Å². The van der Waals surface area contributed by atoms with Crippen molar-refractivity contribution in [2.75, 3.05) is 19.6 Å². The summed E-state index contributed by atoms with van der Waals surface area (Å²) in [5, 5.41) is 25.0. The minimum absolute atomic E-state index is 0.206. The van der Waals surface area contributed by atoms with Gasteiger partial charge >= 0.3 is 0 Å². The molecule has 2 aromatic carbocycles. The Morgan fingerprint density at radius 3 is 2.31 bits per heavy atom. The Hall–Kier alpha value is -3.04. The fourth-order valence-electron chi connectivity index (χ4n) is 4.37. The lowest BCUT2D eigenvalue weighted by Crippen LogP contribution is -2.45. The standard InChI is InChI=1S/C23H26N6/c1-22(18-24,19-8-4-2-5-9-19)12-15-29-16-13-23(14-17-29,21-25-27-28-26-21)20-10-6-3-7-11-20/h2-11H,12-17H2,1H3,(H,25,26,27,28). The highest BCUT2D eigenvalue weighted by atomic mass is 15.5. The molecular formula is C23H26N6. The minimum Gasteiger partial charge on any atom is -0.303 e. The maximum Gasteiger partial charge on any atom is 0.185 e. The summed E-state index contributed by atoms with van der Waals surface area (Å²) in [6.45, 7) is 4.83. The summed E-state index contributed by atoms with van der Waals surface area (Å²) in [4.78, 5) is 2.46. The molecule has 1 atom stereocenters. The van der Waals surface area contributed by atoms with Crippen molar-refractivity contribution in [3.05, 3.63) is 77.6 Å². The average molecular weight is 387 g/mol. The molecule has 1 saturated heterocycles. The summed E-state index contributed by atoms with van der Waals surface area (Å²) in [5.74, 6) is 0.773. The lowest BCUT2D eigenvalue weighted by atomic mass is 9.72. The molecule has 4 rings (SSSR count). The molecule has 1 aliphatic heterocycles. The van der Waals surface area contributed by atoms with E-state index in [9.17, 15) is 5.26 Å². The molecule has 2 heterocycles. The Morgan fingerprint density at radius 2 is 1.72 bits per heavy atom. The van der Waals surface area contributed by atoms with E-state index in [1.807, 2.05) is 31.2 Å². The van der Waals surface area contributed by atoms with Crippen molar-refractivity contribution in [2.24, 2.45) is 0 Å². The van der Waals surface area contributed by atoms with Crippen LogP contribution in [0.4, 0.5) is 0 Å². The minimum atomic E-state index is -0.469. The van der Waals surface area contributed by atoms with Gasteiger partial charge in [0, 0.05) is 0 Å². The lowest BCUT2D eigenvalue weighted by Gasteiger charge is -2.41. The van der Waals surface area contributed by atoms with E-state index in [2.05, 4.69) is 68.0 Å². The van der Waals surface area contributed by atoms with Crippen LogP contribution in [-0.2, 0) is 10.8 Å². The number of rotatable bonds is 6. The summed E-state index contributed by atoms with van der Waals surface area (Å²) in [6, 6.07) is 23.1. The highest BCUT2D eigenvalue weighted by Gasteiger charge is 2.41. The second-order valence-electron chi connectivity index (χ2n) is 8.09. The monoisotopic (exact) mass is 386 g/mol. The van der Waals surface area contributed by atoms with Crippen LogP contribution in [0.15, 0.2) is 60.7 Å². The zero-order valence-electron chi connectivity index (χ0n) is 16.8. The SMILES string of the molecule is CC(C#N)(CCN1CCC(c2ccccc2)(c2nn[nH]n2)CC1)c1ccccc1. The van der Waals surface area contributed by atoms with Gasteiger partial charge in [-0.1, -0.05) is 65.9 Å². The Balaban J connectivity index is 1.46. The molecule has 1 aliphatic rings. The quantitative estimate of drug-likeness (QED) is 0.702. The Kier molecular flexibility index (Phi) is 5.41. The van der Waals surface area contributed by atoms with Gasteiger partial charge in [0.25, 0.3) is 0 Å². The summed E-state index contributed by atoms with van der Waals surface area (Å²) in [6.07, 6.45) is 2.68. The van der Waals surface area contributed by atoms with Crippen molar-refractivity contribution in [3.63, 3.8) is 0 Å². The van der Waals surface area contributed by atoms with Crippen LogP contribution in [0, 0.1) is 11.3 Å². The molecule has 29 heavy (non-hydrogen) atoms. The number of hydrogen-bond acceptors (Lipinski definition) is 5. The number of piperidine rings is 1. The van der Waals surface area contributed by atoms with Gasteiger partial charge in [0.05, 0.1) is 16.9 Å². The van der Waals surface area contributed by atoms with Crippen molar-refractivity contribution < 1.29 is 0 Å². The zero-order valence-corrected chi connectivity index (χ0v) is 16.8. The zero-order chi connectivity index (χ0) is 20.2. The number of aromatic amines is 1. The molecule has 0 saturated carbocycles. The molecule has 0 radical (unpaired) electrons. The highest BCUT2D eigenvalue weighted by molar-refractivity contribution is 5.34. The van der Waals surface area contributed by atoms with Gasteiger partial charge in [-0.05, 0) is 56.9 Å². The fourth-order valence-corrected chi connectivity index (χ4v) is 4.37. The third-order valence-electron chi connectivity index (χ3n) is 6.40. The average Bonchev–Trinajstić information content (AvgIpc) is 3.35. The van der Waals surface area contributed by atoms with Gasteiger partial charge in [0.1, 0.15) is 0 Å². The van der Waals surface area contributed by atoms with Gasteiger partial charge in [-0.25, -0.2) is 0 Å². The van der Waals surface area contributed by atoms with Gasteiger partial charge in [-0.2, -0.15) is 10.5 Å². The predicted octanol–water partition coefficient (Wildman–Crippen LogP) is 3.45. The maximum absolute atomic E-state index is 9.83. The number of tetrazole rings is 1. The molecule has 148 valence electrons. The van der Waals surface area contributed by atoms with Gasteiger partial charge in [-0.3, -0.25) is 0 Å². The molecule has 0 spiro atoms. The van der Waals surface area contributed by atoms with Crippen molar-refractivity contribution in [2.45, 2.75) is 37.0 Å². The molecule has 6 nitrogen and oxygen atoms in total. The normalized spacial score (nSPS) is 18.6. The molecule has 1 fully saturated rings. The van der Waals surface area contributed by atoms with E-state index in [0.29, 0.717) is 0 Å². The van der Waals surface area contributed by atoms with E-state index < -0.39 is 5.41 Å². The molecule has 0 bridgehead atoms. The molecule has 1 aromatic heterocycles. The van der Waals surface area contributed by atoms with Gasteiger partial charge in [0.15, 0.2) is 5.82 Å². The fraction of sp³-hybridized carbons (Fsp3) is 0.391. The first kappa shape index (κ1) is 19.3. The molecule has 0 amide bonds. The van der Waals surface area contributed by atoms with E-state index >= 15 is 0 Å². The lowest BCUT2D eigenvalue weighted by molar-refractivity contribution is 0.166. The van der Waals surface area contributed by atoms with E-state index in [4.69, 9.17) is 0 Å². The van der Waals surface area contributed by atoms with Crippen molar-refractivity contribution >= 4 is 0 Å². The number of aromatic nitrogens is 4. The first-order valence-electron chi connectivity index (χ1n) is 10.1. The predicted molar refractivity (Wildman–Crippen MR) is 111 cm³/mol. The number of nitrogens with one attached hydrogen (secondary N) is 1. The number of H-pyrrole nitrogens is 1. The van der Waals surface area contributed by atoms with Crippen LogP contribution in [0.1, 0.15) is 43.1 Å². The Morgan fingerprint density at radius 1 is 1.07 bits per heavy atom. The maximum atomic E-state index is 9.83. The summed E-state index contributed by atoms with van der Waals surface area (Å²) in [7, 11) is 0.